The van der Waals surface area contributed by atoms with E-state index in [1.807, 2.05) is 19.9 Å². The fraction of sp³-hybridized carbons (Fsp3) is 0.143. The minimum Gasteiger partial charge on any atom is -0.496 e. The van der Waals surface area contributed by atoms with Crippen LogP contribution in [0.4, 0.5) is 5.69 Å². The molecule has 3 N–H and O–H groups in total. The molecule has 1 aromatic heterocycles. The number of amides is 2. The number of rotatable bonds is 6. The van der Waals surface area contributed by atoms with Crippen molar-refractivity contribution in [3.63, 3.8) is 0 Å². The second kappa shape index (κ2) is 9.27. The van der Waals surface area contributed by atoms with Gasteiger partial charge < -0.3 is 20.2 Å². The maximum atomic E-state index is 12.7. The molecule has 6 heteroatoms. The molecule has 0 saturated carbocycles. The van der Waals surface area contributed by atoms with Crippen molar-refractivity contribution in [2.24, 2.45) is 5.73 Å². The fourth-order valence-corrected chi connectivity index (χ4v) is 4.00. The van der Waals surface area contributed by atoms with Gasteiger partial charge in [0.2, 0.25) is 11.8 Å². The van der Waals surface area contributed by atoms with Crippen molar-refractivity contribution in [3.8, 4) is 16.9 Å². The summed E-state index contributed by atoms with van der Waals surface area (Å²) in [4.78, 5) is 23.9. The number of hydrogen-bond acceptors (Lipinski definition) is 4. The number of ether oxygens (including phenoxy) is 1. The average Bonchev–Trinajstić information content (AvgIpc) is 3.24. The summed E-state index contributed by atoms with van der Waals surface area (Å²) >= 11 is 0. The van der Waals surface area contributed by atoms with E-state index >= 15 is 0 Å². The molecule has 0 bridgehead atoms. The van der Waals surface area contributed by atoms with Crippen LogP contribution in [0.5, 0.6) is 5.75 Å². The number of carbonyl (C=O) groups is 2. The van der Waals surface area contributed by atoms with Gasteiger partial charge >= 0.3 is 0 Å². The molecule has 0 unspecified atom stereocenters. The smallest absolute Gasteiger partial charge is 0.248 e. The number of carbonyl (C=O) groups excluding carboxylic acids is 2. The van der Waals surface area contributed by atoms with E-state index in [4.69, 9.17) is 14.9 Å². The minimum atomic E-state index is -0.518. The number of primary amides is 1. The van der Waals surface area contributed by atoms with E-state index in [0.29, 0.717) is 17.0 Å². The van der Waals surface area contributed by atoms with Crippen molar-refractivity contribution >= 4 is 34.0 Å². The number of anilines is 1. The molecule has 0 saturated heterocycles. The van der Waals surface area contributed by atoms with Gasteiger partial charge in [-0.1, -0.05) is 29.8 Å². The first-order chi connectivity index (χ1) is 16.3. The van der Waals surface area contributed by atoms with E-state index in [1.54, 1.807) is 37.6 Å². The summed E-state index contributed by atoms with van der Waals surface area (Å²) in [7, 11) is 1.61. The molecular weight excluding hydrogens is 428 g/mol. The molecule has 34 heavy (non-hydrogen) atoms. The Balaban J connectivity index is 1.70. The van der Waals surface area contributed by atoms with Gasteiger partial charge in [0.05, 0.1) is 13.4 Å². The Morgan fingerprint density at radius 1 is 1.03 bits per heavy atom. The molecule has 0 radical (unpaired) electrons. The highest BCUT2D eigenvalue weighted by molar-refractivity contribution is 6.06. The van der Waals surface area contributed by atoms with Crippen LogP contribution in [0.15, 0.2) is 71.4 Å². The number of fused-ring (bicyclic) bond motifs is 1. The van der Waals surface area contributed by atoms with Gasteiger partial charge in [0, 0.05) is 39.4 Å². The van der Waals surface area contributed by atoms with E-state index < -0.39 is 5.91 Å². The van der Waals surface area contributed by atoms with Crippen molar-refractivity contribution in [2.75, 3.05) is 12.4 Å². The van der Waals surface area contributed by atoms with E-state index in [1.165, 1.54) is 11.6 Å². The molecule has 0 aliphatic carbocycles. The van der Waals surface area contributed by atoms with E-state index in [-0.39, 0.29) is 5.91 Å². The summed E-state index contributed by atoms with van der Waals surface area (Å²) < 4.78 is 11.6. The fourth-order valence-electron chi connectivity index (χ4n) is 4.00. The Labute approximate surface area is 198 Å². The van der Waals surface area contributed by atoms with Gasteiger partial charge in [0.1, 0.15) is 11.3 Å². The van der Waals surface area contributed by atoms with Gasteiger partial charge in [-0.3, -0.25) is 9.59 Å². The van der Waals surface area contributed by atoms with Crippen molar-refractivity contribution in [1.29, 1.82) is 0 Å². The van der Waals surface area contributed by atoms with Crippen LogP contribution >= 0.6 is 0 Å². The standard InChI is InChI=1S/C28H26N2O4/c1-16-5-7-19(8-6-16)24-15-34-27-18(3)26(33-4)22(14-23(24)27)17(2)13-25(31)30-21-11-9-20(10-12-21)28(29)32/h5-15H,1-4H3,(H2,29,32)(H,30,31)/b17-13+. The molecule has 2 amide bonds. The SMILES string of the molecule is COc1c(/C(C)=C/C(=O)Nc2ccc(C(N)=O)cc2)cc2c(-c3ccc(C)cc3)coc2c1C. The quantitative estimate of drug-likeness (QED) is 0.357. The summed E-state index contributed by atoms with van der Waals surface area (Å²) in [5.41, 5.74) is 12.6. The normalized spacial score (nSPS) is 11.5. The lowest BCUT2D eigenvalue weighted by Crippen LogP contribution is -2.12. The van der Waals surface area contributed by atoms with Crippen molar-refractivity contribution < 1.29 is 18.7 Å². The van der Waals surface area contributed by atoms with Crippen LogP contribution in [0.25, 0.3) is 27.7 Å². The van der Waals surface area contributed by atoms with Gasteiger partial charge in [0.25, 0.3) is 0 Å². The number of aryl methyl sites for hydroxylation is 2. The third kappa shape index (κ3) is 4.43. The number of furan rings is 1. The van der Waals surface area contributed by atoms with E-state index in [9.17, 15) is 9.59 Å². The Morgan fingerprint density at radius 3 is 2.32 bits per heavy atom. The van der Waals surface area contributed by atoms with Crippen LogP contribution in [0.3, 0.4) is 0 Å². The third-order valence-electron chi connectivity index (χ3n) is 5.82. The molecule has 0 atom stereocenters. The number of benzene rings is 3. The monoisotopic (exact) mass is 454 g/mol. The van der Waals surface area contributed by atoms with Gasteiger partial charge in [-0.05, 0) is 62.2 Å². The lowest BCUT2D eigenvalue weighted by molar-refractivity contribution is -0.111. The summed E-state index contributed by atoms with van der Waals surface area (Å²) in [6.07, 6.45) is 3.28. The first kappa shape index (κ1) is 22.9. The van der Waals surface area contributed by atoms with E-state index in [2.05, 4.69) is 36.5 Å². The number of nitrogens with two attached hydrogens (primary N) is 1. The maximum Gasteiger partial charge on any atom is 0.248 e. The van der Waals surface area contributed by atoms with Crippen LogP contribution < -0.4 is 15.8 Å². The number of nitrogens with one attached hydrogen (secondary N) is 1. The van der Waals surface area contributed by atoms with Crippen LogP contribution in [-0.4, -0.2) is 18.9 Å². The molecule has 6 nitrogen and oxygen atoms in total. The summed E-state index contributed by atoms with van der Waals surface area (Å²) in [5, 5.41) is 3.76. The molecule has 1 heterocycles. The Hall–Kier alpha value is -4.32. The minimum absolute atomic E-state index is 0.296. The summed E-state index contributed by atoms with van der Waals surface area (Å²) in [5.74, 6) is -0.157. The summed E-state index contributed by atoms with van der Waals surface area (Å²) in [6.45, 7) is 5.86. The average molecular weight is 455 g/mol. The maximum absolute atomic E-state index is 12.7. The zero-order valence-corrected chi connectivity index (χ0v) is 19.6. The Bertz CT molecular complexity index is 1410. The van der Waals surface area contributed by atoms with Gasteiger partial charge in [-0.2, -0.15) is 0 Å². The predicted molar refractivity (Wildman–Crippen MR) is 135 cm³/mol. The molecule has 0 spiro atoms. The number of hydrogen-bond donors (Lipinski definition) is 2. The molecule has 172 valence electrons. The zero-order valence-electron chi connectivity index (χ0n) is 19.6. The zero-order chi connectivity index (χ0) is 24.4. The Morgan fingerprint density at radius 2 is 1.71 bits per heavy atom. The molecule has 0 aliphatic rings. The van der Waals surface area contributed by atoms with Crippen molar-refractivity contribution in [3.05, 3.63) is 89.2 Å². The second-order valence-electron chi connectivity index (χ2n) is 8.23. The lowest BCUT2D eigenvalue weighted by atomic mass is 9.96. The van der Waals surface area contributed by atoms with E-state index in [0.717, 1.165) is 38.8 Å². The van der Waals surface area contributed by atoms with Gasteiger partial charge in [0.15, 0.2) is 0 Å². The third-order valence-corrected chi connectivity index (χ3v) is 5.82. The molecule has 0 aliphatic heterocycles. The second-order valence-corrected chi connectivity index (χ2v) is 8.23. The van der Waals surface area contributed by atoms with Gasteiger partial charge in [-0.15, -0.1) is 0 Å². The summed E-state index contributed by atoms with van der Waals surface area (Å²) in [6, 6.07) is 16.7. The molecule has 4 aromatic rings. The predicted octanol–water partition coefficient (Wildman–Crippen LogP) is 5.87. The van der Waals surface area contributed by atoms with Crippen LogP contribution in [-0.2, 0) is 4.79 Å². The van der Waals surface area contributed by atoms with Crippen molar-refractivity contribution in [1.82, 2.24) is 0 Å². The van der Waals surface area contributed by atoms with Gasteiger partial charge in [-0.25, -0.2) is 0 Å². The molecule has 3 aromatic carbocycles. The number of methoxy groups -OCH3 is 1. The van der Waals surface area contributed by atoms with Crippen LogP contribution in [0, 0.1) is 13.8 Å². The molecule has 0 fully saturated rings. The molecular formula is C28H26N2O4. The highest BCUT2D eigenvalue weighted by Crippen LogP contribution is 2.40. The highest BCUT2D eigenvalue weighted by Gasteiger charge is 2.19. The first-order valence-corrected chi connectivity index (χ1v) is 10.8. The van der Waals surface area contributed by atoms with Crippen LogP contribution in [0.2, 0.25) is 0 Å². The van der Waals surface area contributed by atoms with Crippen molar-refractivity contribution in [2.45, 2.75) is 20.8 Å². The largest absolute Gasteiger partial charge is 0.496 e. The first-order valence-electron chi connectivity index (χ1n) is 10.8. The highest BCUT2D eigenvalue weighted by atomic mass is 16.5. The molecule has 4 rings (SSSR count). The Kier molecular flexibility index (Phi) is 6.23. The number of allylic oxidation sites excluding steroid dienone is 1. The topological polar surface area (TPSA) is 94.6 Å². The van der Waals surface area contributed by atoms with Crippen LogP contribution in [0.1, 0.15) is 34.0 Å². The lowest BCUT2D eigenvalue weighted by Gasteiger charge is -2.13.